The Kier molecular flexibility index (Phi) is 6.12. The maximum Gasteiger partial charge on any atom is 0.307 e. The number of halogens is 2. The van der Waals surface area contributed by atoms with Gasteiger partial charge in [-0.05, 0) is 43.7 Å². The molecule has 1 aromatic heterocycles. The molecule has 0 fully saturated rings. The van der Waals surface area contributed by atoms with Crippen LogP contribution < -0.4 is 28.1 Å². The van der Waals surface area contributed by atoms with Crippen LogP contribution in [0, 0.1) is 12.7 Å². The number of benzene rings is 2. The van der Waals surface area contributed by atoms with Gasteiger partial charge in [0.25, 0.3) is 0 Å². The number of ether oxygens (including phenoxy) is 1. The minimum absolute atomic E-state index is 0. The summed E-state index contributed by atoms with van der Waals surface area (Å²) < 4.78 is 20.4. The third-order valence-corrected chi connectivity index (χ3v) is 3.71. The summed E-state index contributed by atoms with van der Waals surface area (Å²) in [6.07, 6.45) is 0. The molecular formula is C18H19ClFN3O2. The smallest absolute Gasteiger partial charge is 0.307 e. The molecule has 1 heterocycles. The fourth-order valence-corrected chi connectivity index (χ4v) is 2.57. The molecular weight excluding hydrogens is 345 g/mol. The van der Waals surface area contributed by atoms with Crippen molar-refractivity contribution in [2.45, 2.75) is 20.5 Å². The van der Waals surface area contributed by atoms with Crippen molar-refractivity contribution in [3.63, 3.8) is 0 Å². The summed E-state index contributed by atoms with van der Waals surface area (Å²) in [5.74, 6) is 0.937. The average molecular weight is 364 g/mol. The van der Waals surface area contributed by atoms with Crippen LogP contribution in [0.5, 0.6) is 5.75 Å². The average Bonchev–Trinajstić information content (AvgIpc) is 2.56. The maximum absolute atomic E-state index is 13.2. The van der Waals surface area contributed by atoms with Crippen LogP contribution in [-0.4, -0.2) is 16.2 Å². The number of hydrogen-bond donors (Lipinski definition) is 1. The van der Waals surface area contributed by atoms with Crippen molar-refractivity contribution in [2.75, 3.05) is 6.54 Å². The highest BCUT2D eigenvalue weighted by molar-refractivity contribution is 5.79. The van der Waals surface area contributed by atoms with Gasteiger partial charge in [-0.3, -0.25) is 4.79 Å². The Labute approximate surface area is 150 Å². The van der Waals surface area contributed by atoms with E-state index in [0.29, 0.717) is 22.5 Å². The molecule has 0 radical (unpaired) electrons. The Balaban J connectivity index is 0.00000225. The van der Waals surface area contributed by atoms with Crippen molar-refractivity contribution in [3.8, 4) is 5.75 Å². The Morgan fingerprint density at radius 3 is 2.76 bits per heavy atom. The third-order valence-electron chi connectivity index (χ3n) is 3.71. The van der Waals surface area contributed by atoms with Crippen molar-refractivity contribution in [3.05, 3.63) is 70.0 Å². The number of rotatable bonds is 5. The molecule has 2 aromatic carbocycles. The topological polar surface area (TPSA) is 60.7 Å². The van der Waals surface area contributed by atoms with Crippen LogP contribution in [0.4, 0.5) is 4.39 Å². The molecule has 0 amide bonds. The summed E-state index contributed by atoms with van der Waals surface area (Å²) in [6.45, 7) is 4.78. The van der Waals surface area contributed by atoms with Gasteiger partial charge in [0.05, 0.1) is 17.4 Å². The normalized spacial score (nSPS) is 10.5. The summed E-state index contributed by atoms with van der Waals surface area (Å²) >= 11 is 0. The highest BCUT2D eigenvalue weighted by atomic mass is 35.5. The van der Waals surface area contributed by atoms with Gasteiger partial charge in [-0.1, -0.05) is 12.1 Å². The van der Waals surface area contributed by atoms with Crippen molar-refractivity contribution in [1.82, 2.24) is 9.66 Å². The van der Waals surface area contributed by atoms with E-state index in [2.05, 4.69) is 4.98 Å². The van der Waals surface area contributed by atoms with Gasteiger partial charge in [-0.25, -0.2) is 14.8 Å². The van der Waals surface area contributed by atoms with E-state index < -0.39 is 0 Å². The molecule has 2 N–H and O–H groups in total. The quantitative estimate of drug-likeness (QED) is 0.578. The van der Waals surface area contributed by atoms with E-state index in [1.54, 1.807) is 41.9 Å². The SMILES string of the molecule is CC[NH2+]n1c(C)nc2cc(OCc3cccc(F)c3)ccc2c1=O.[Cl-]. The number of aryl methyl sites for hydroxylation is 1. The lowest BCUT2D eigenvalue weighted by Crippen LogP contribution is -3.00. The number of hydrogen-bond acceptors (Lipinski definition) is 3. The van der Waals surface area contributed by atoms with Gasteiger partial charge in [0.15, 0.2) is 5.82 Å². The van der Waals surface area contributed by atoms with Gasteiger partial charge in [0.1, 0.15) is 18.2 Å². The lowest BCUT2D eigenvalue weighted by atomic mass is 10.2. The molecule has 0 aliphatic heterocycles. The Morgan fingerprint density at radius 2 is 2.04 bits per heavy atom. The number of aromatic nitrogens is 2. The molecule has 0 saturated heterocycles. The zero-order valence-electron chi connectivity index (χ0n) is 14.0. The van der Waals surface area contributed by atoms with Crippen molar-refractivity contribution >= 4 is 10.9 Å². The lowest BCUT2D eigenvalue weighted by Gasteiger charge is -2.10. The van der Waals surface area contributed by atoms with Crippen LogP contribution in [0.3, 0.4) is 0 Å². The number of nitrogens with zero attached hydrogens (tertiary/aromatic N) is 2. The molecule has 7 heteroatoms. The standard InChI is InChI=1S/C18H18FN3O2.ClH/c1-3-20-22-12(2)21-17-10-15(7-8-16(17)18(22)23)24-11-13-5-4-6-14(19)9-13;/h4-10,20H,3,11H2,1-2H3;1H. The molecule has 132 valence electrons. The second-order valence-electron chi connectivity index (χ2n) is 5.52. The molecule has 25 heavy (non-hydrogen) atoms. The summed E-state index contributed by atoms with van der Waals surface area (Å²) in [4.78, 5) is 17.0. The van der Waals surface area contributed by atoms with Crippen molar-refractivity contribution in [2.24, 2.45) is 0 Å². The molecule has 0 bridgehead atoms. The van der Waals surface area contributed by atoms with E-state index >= 15 is 0 Å². The number of nitrogens with two attached hydrogens (primary N) is 1. The van der Waals surface area contributed by atoms with E-state index in [-0.39, 0.29) is 30.4 Å². The van der Waals surface area contributed by atoms with E-state index in [0.717, 1.165) is 12.1 Å². The van der Waals surface area contributed by atoms with Crippen molar-refractivity contribution < 1.29 is 27.0 Å². The summed E-state index contributed by atoms with van der Waals surface area (Å²) in [6, 6.07) is 11.5. The summed E-state index contributed by atoms with van der Waals surface area (Å²) in [5, 5.41) is 0.545. The van der Waals surface area contributed by atoms with E-state index in [4.69, 9.17) is 4.74 Å². The Hall–Kier alpha value is -2.44. The fraction of sp³-hybridized carbons (Fsp3) is 0.222. The second kappa shape index (κ2) is 8.09. The molecule has 0 aliphatic carbocycles. The first kappa shape index (κ1) is 18.9. The van der Waals surface area contributed by atoms with Crippen molar-refractivity contribution in [1.29, 1.82) is 0 Å². The second-order valence-corrected chi connectivity index (χ2v) is 5.52. The van der Waals surface area contributed by atoms with Crippen LogP contribution in [0.1, 0.15) is 18.3 Å². The van der Waals surface area contributed by atoms with Gasteiger partial charge < -0.3 is 17.1 Å². The molecule has 0 spiro atoms. The van der Waals surface area contributed by atoms with E-state index in [1.807, 2.05) is 12.3 Å². The largest absolute Gasteiger partial charge is 1.00 e. The molecule has 3 rings (SSSR count). The molecule has 3 aromatic rings. The van der Waals surface area contributed by atoms with Gasteiger partial charge >= 0.3 is 5.56 Å². The predicted octanol–water partition coefficient (Wildman–Crippen LogP) is -1.23. The zero-order valence-corrected chi connectivity index (χ0v) is 14.8. The van der Waals surface area contributed by atoms with E-state index in [1.165, 1.54) is 12.1 Å². The third kappa shape index (κ3) is 4.15. The van der Waals surface area contributed by atoms with E-state index in [9.17, 15) is 9.18 Å². The first-order chi connectivity index (χ1) is 11.6. The minimum atomic E-state index is -0.292. The highest BCUT2D eigenvalue weighted by Gasteiger charge is 2.10. The Bertz CT molecular complexity index is 943. The molecule has 5 nitrogen and oxygen atoms in total. The first-order valence-electron chi connectivity index (χ1n) is 7.82. The molecule has 0 unspecified atom stereocenters. The number of quaternary nitrogens is 1. The molecule has 0 saturated carbocycles. The monoisotopic (exact) mass is 363 g/mol. The fourth-order valence-electron chi connectivity index (χ4n) is 2.57. The predicted molar refractivity (Wildman–Crippen MR) is 89.3 cm³/mol. The van der Waals surface area contributed by atoms with Crippen LogP contribution in [0.25, 0.3) is 10.9 Å². The Morgan fingerprint density at radius 1 is 1.24 bits per heavy atom. The molecule has 0 atom stereocenters. The summed E-state index contributed by atoms with van der Waals surface area (Å²) in [7, 11) is 0. The zero-order chi connectivity index (χ0) is 17.1. The first-order valence-corrected chi connectivity index (χ1v) is 7.82. The minimum Gasteiger partial charge on any atom is -1.00 e. The number of fused-ring (bicyclic) bond motifs is 1. The van der Waals surface area contributed by atoms with Crippen LogP contribution in [-0.2, 0) is 6.61 Å². The van der Waals surface area contributed by atoms with Gasteiger partial charge in [0, 0.05) is 6.07 Å². The van der Waals surface area contributed by atoms with Crippen LogP contribution in [0.2, 0.25) is 0 Å². The highest BCUT2D eigenvalue weighted by Crippen LogP contribution is 2.18. The van der Waals surface area contributed by atoms with Crippen LogP contribution >= 0.6 is 0 Å². The van der Waals surface area contributed by atoms with Gasteiger partial charge in [-0.2, -0.15) is 0 Å². The van der Waals surface area contributed by atoms with Gasteiger partial charge in [-0.15, -0.1) is 4.68 Å². The van der Waals surface area contributed by atoms with Gasteiger partial charge in [0.2, 0.25) is 0 Å². The molecule has 0 aliphatic rings. The van der Waals surface area contributed by atoms with Crippen LogP contribution in [0.15, 0.2) is 47.3 Å². The maximum atomic E-state index is 13.2. The lowest BCUT2D eigenvalue weighted by molar-refractivity contribution is -0.710. The summed E-state index contributed by atoms with van der Waals surface area (Å²) in [5.41, 5.74) is 3.07.